The minimum atomic E-state index is 0.463. The Bertz CT molecular complexity index is 288. The number of nitrogens with zero attached hydrogens (tertiary/aromatic N) is 2. The van der Waals surface area contributed by atoms with Crippen LogP contribution in [0.2, 0.25) is 0 Å². The highest BCUT2D eigenvalue weighted by Crippen LogP contribution is 2.03. The van der Waals surface area contributed by atoms with Crippen LogP contribution in [0.25, 0.3) is 0 Å². The fourth-order valence-corrected chi connectivity index (χ4v) is 0.925. The highest BCUT2D eigenvalue weighted by atomic mass is 16.1. The van der Waals surface area contributed by atoms with Gasteiger partial charge in [-0.2, -0.15) is 0 Å². The molecular weight excluding hydrogens is 152 g/mol. The molecule has 0 fully saturated rings. The lowest BCUT2D eigenvalue weighted by atomic mass is 10.2. The molecule has 0 radical (unpaired) electrons. The summed E-state index contributed by atoms with van der Waals surface area (Å²) in [6.45, 7) is 6.59. The van der Waals surface area contributed by atoms with Gasteiger partial charge < -0.3 is 4.57 Å². The number of aldehydes is 1. The average molecular weight is 164 g/mol. The van der Waals surface area contributed by atoms with Gasteiger partial charge in [-0.3, -0.25) is 4.79 Å². The highest BCUT2D eigenvalue weighted by Gasteiger charge is 2.00. The summed E-state index contributed by atoms with van der Waals surface area (Å²) in [6.07, 6.45) is 5.08. The molecule has 0 saturated heterocycles. The minimum Gasteiger partial charge on any atom is -0.325 e. The van der Waals surface area contributed by atoms with E-state index in [0.717, 1.165) is 18.3 Å². The van der Waals surface area contributed by atoms with Crippen molar-refractivity contribution in [1.29, 1.82) is 0 Å². The van der Waals surface area contributed by atoms with Crippen molar-refractivity contribution in [3.63, 3.8) is 0 Å². The molecule has 1 aromatic rings. The molecule has 0 unspecified atom stereocenters. The SMILES string of the molecule is C=C(CC)Cn1ccnc1C=O. The number of imidazole rings is 1. The molecule has 12 heavy (non-hydrogen) atoms. The lowest BCUT2D eigenvalue weighted by Crippen LogP contribution is -2.03. The standard InChI is InChI=1S/C9H12N2O/c1-3-8(2)6-11-5-4-10-9(11)7-12/h4-5,7H,2-3,6H2,1H3. The van der Waals surface area contributed by atoms with Crippen molar-refractivity contribution >= 4 is 6.29 Å². The summed E-state index contributed by atoms with van der Waals surface area (Å²) in [7, 11) is 0. The zero-order valence-electron chi connectivity index (χ0n) is 7.16. The number of allylic oxidation sites excluding steroid dienone is 1. The summed E-state index contributed by atoms with van der Waals surface area (Å²) >= 11 is 0. The van der Waals surface area contributed by atoms with Crippen LogP contribution in [0.3, 0.4) is 0 Å². The Labute approximate surface area is 71.7 Å². The number of aromatic nitrogens is 2. The second-order valence-electron chi connectivity index (χ2n) is 2.63. The first-order valence-corrected chi connectivity index (χ1v) is 3.91. The van der Waals surface area contributed by atoms with Gasteiger partial charge in [0.05, 0.1) is 0 Å². The van der Waals surface area contributed by atoms with E-state index in [9.17, 15) is 4.79 Å². The van der Waals surface area contributed by atoms with Crippen LogP contribution in [-0.4, -0.2) is 15.8 Å². The maximum Gasteiger partial charge on any atom is 0.185 e. The maximum absolute atomic E-state index is 10.4. The number of carbonyl (C=O) groups excluding carboxylic acids is 1. The van der Waals surface area contributed by atoms with Crippen molar-refractivity contribution in [3.05, 3.63) is 30.4 Å². The fraction of sp³-hybridized carbons (Fsp3) is 0.333. The Hall–Kier alpha value is -1.38. The highest BCUT2D eigenvalue weighted by molar-refractivity contribution is 5.69. The van der Waals surface area contributed by atoms with E-state index in [2.05, 4.69) is 11.6 Å². The van der Waals surface area contributed by atoms with Gasteiger partial charge in [-0.05, 0) is 6.42 Å². The number of carbonyl (C=O) groups is 1. The van der Waals surface area contributed by atoms with E-state index in [-0.39, 0.29) is 0 Å². The van der Waals surface area contributed by atoms with Crippen molar-refractivity contribution in [2.75, 3.05) is 0 Å². The molecule has 1 heterocycles. The monoisotopic (exact) mass is 164 g/mol. The Balaban J connectivity index is 2.74. The van der Waals surface area contributed by atoms with E-state index >= 15 is 0 Å². The molecule has 1 aromatic heterocycles. The predicted molar refractivity (Wildman–Crippen MR) is 47.0 cm³/mol. The molecule has 0 atom stereocenters. The molecule has 0 aromatic carbocycles. The molecular formula is C9H12N2O. The third-order valence-corrected chi connectivity index (χ3v) is 1.75. The molecule has 3 nitrogen and oxygen atoms in total. The largest absolute Gasteiger partial charge is 0.325 e. The topological polar surface area (TPSA) is 34.9 Å². The Kier molecular flexibility index (Phi) is 2.80. The van der Waals surface area contributed by atoms with Crippen molar-refractivity contribution in [2.24, 2.45) is 0 Å². The van der Waals surface area contributed by atoms with Crippen LogP contribution in [0.5, 0.6) is 0 Å². The van der Waals surface area contributed by atoms with Crippen LogP contribution in [0, 0.1) is 0 Å². The molecule has 0 amide bonds. The summed E-state index contributed by atoms with van der Waals surface area (Å²) in [5.74, 6) is 0.463. The van der Waals surface area contributed by atoms with E-state index < -0.39 is 0 Å². The molecule has 0 aliphatic heterocycles. The fourth-order valence-electron chi connectivity index (χ4n) is 0.925. The molecule has 0 spiro atoms. The number of hydrogen-bond donors (Lipinski definition) is 0. The molecule has 64 valence electrons. The average Bonchev–Trinajstić information content (AvgIpc) is 2.51. The lowest BCUT2D eigenvalue weighted by molar-refractivity contribution is 0.111. The van der Waals surface area contributed by atoms with E-state index in [1.165, 1.54) is 0 Å². The van der Waals surface area contributed by atoms with Gasteiger partial charge in [0, 0.05) is 18.9 Å². The minimum absolute atomic E-state index is 0.463. The van der Waals surface area contributed by atoms with Crippen molar-refractivity contribution in [2.45, 2.75) is 19.9 Å². The first-order valence-electron chi connectivity index (χ1n) is 3.91. The van der Waals surface area contributed by atoms with Gasteiger partial charge in [0.2, 0.25) is 0 Å². The van der Waals surface area contributed by atoms with Crippen LogP contribution < -0.4 is 0 Å². The van der Waals surface area contributed by atoms with Crippen LogP contribution in [0.15, 0.2) is 24.5 Å². The molecule has 3 heteroatoms. The first-order chi connectivity index (χ1) is 5.77. The second-order valence-corrected chi connectivity index (χ2v) is 2.63. The second kappa shape index (κ2) is 3.85. The van der Waals surface area contributed by atoms with Crippen LogP contribution in [-0.2, 0) is 6.54 Å². The normalized spacial score (nSPS) is 9.75. The summed E-state index contributed by atoms with van der Waals surface area (Å²) < 4.78 is 1.79. The van der Waals surface area contributed by atoms with Crippen molar-refractivity contribution < 1.29 is 4.79 Å². The van der Waals surface area contributed by atoms with Gasteiger partial charge in [0.1, 0.15) is 0 Å². The van der Waals surface area contributed by atoms with Crippen LogP contribution in [0.1, 0.15) is 24.0 Å². The molecule has 0 aliphatic carbocycles. The lowest BCUT2D eigenvalue weighted by Gasteiger charge is -2.04. The van der Waals surface area contributed by atoms with Gasteiger partial charge in [-0.15, -0.1) is 0 Å². The third-order valence-electron chi connectivity index (χ3n) is 1.75. The van der Waals surface area contributed by atoms with E-state index in [0.29, 0.717) is 12.4 Å². The number of rotatable bonds is 4. The Morgan fingerprint density at radius 3 is 3.17 bits per heavy atom. The van der Waals surface area contributed by atoms with E-state index in [1.54, 1.807) is 17.0 Å². The van der Waals surface area contributed by atoms with E-state index in [1.807, 2.05) is 6.92 Å². The molecule has 0 saturated carbocycles. The van der Waals surface area contributed by atoms with Gasteiger partial charge >= 0.3 is 0 Å². The summed E-state index contributed by atoms with van der Waals surface area (Å²) in [5.41, 5.74) is 1.09. The van der Waals surface area contributed by atoms with Gasteiger partial charge in [-0.1, -0.05) is 19.1 Å². The summed E-state index contributed by atoms with van der Waals surface area (Å²) in [5, 5.41) is 0. The van der Waals surface area contributed by atoms with Crippen LogP contribution >= 0.6 is 0 Å². The summed E-state index contributed by atoms with van der Waals surface area (Å²) in [6, 6.07) is 0. The van der Waals surface area contributed by atoms with Crippen molar-refractivity contribution in [3.8, 4) is 0 Å². The Morgan fingerprint density at radius 1 is 1.83 bits per heavy atom. The van der Waals surface area contributed by atoms with Crippen LogP contribution in [0.4, 0.5) is 0 Å². The van der Waals surface area contributed by atoms with Crippen molar-refractivity contribution in [1.82, 2.24) is 9.55 Å². The van der Waals surface area contributed by atoms with Gasteiger partial charge in [0.25, 0.3) is 0 Å². The number of hydrogen-bond acceptors (Lipinski definition) is 2. The quantitative estimate of drug-likeness (QED) is 0.501. The first kappa shape index (κ1) is 8.71. The van der Waals surface area contributed by atoms with Gasteiger partial charge in [-0.25, -0.2) is 4.98 Å². The third kappa shape index (κ3) is 1.81. The molecule has 0 N–H and O–H groups in total. The zero-order valence-corrected chi connectivity index (χ0v) is 7.16. The maximum atomic E-state index is 10.4. The zero-order chi connectivity index (χ0) is 8.97. The molecule has 0 aliphatic rings. The Morgan fingerprint density at radius 2 is 2.58 bits per heavy atom. The van der Waals surface area contributed by atoms with Gasteiger partial charge in [0.15, 0.2) is 12.1 Å². The smallest absolute Gasteiger partial charge is 0.185 e. The molecule has 0 bridgehead atoms. The predicted octanol–water partition coefficient (Wildman–Crippen LogP) is 1.66. The summed E-state index contributed by atoms with van der Waals surface area (Å²) in [4.78, 5) is 14.3. The van der Waals surface area contributed by atoms with E-state index in [4.69, 9.17) is 0 Å². The molecule has 1 rings (SSSR count).